The maximum absolute atomic E-state index is 11.8. The third-order valence-electron chi connectivity index (χ3n) is 3.68. The molecule has 1 heterocycles. The highest BCUT2D eigenvalue weighted by atomic mass is 32.2. The molecule has 0 unspecified atom stereocenters. The smallest absolute Gasteiger partial charge is 0.248 e. The average Bonchev–Trinajstić information content (AvgIpc) is 2.77. The van der Waals surface area contributed by atoms with Crippen LogP contribution in [0.2, 0.25) is 0 Å². The first-order chi connectivity index (χ1) is 10.7. The Labute approximate surface area is 138 Å². The Morgan fingerprint density at radius 3 is 2.52 bits per heavy atom. The normalized spacial score (nSPS) is 21.1. The number of nitrogens with one attached hydrogen (secondary N) is 2. The molecular formula is C15H28N2O5S. The van der Waals surface area contributed by atoms with Crippen LogP contribution in [0.1, 0.15) is 40.0 Å². The summed E-state index contributed by atoms with van der Waals surface area (Å²) in [4.78, 5) is 23.5. The third-order valence-corrected chi connectivity index (χ3v) is 5.45. The summed E-state index contributed by atoms with van der Waals surface area (Å²) in [5, 5.41) is 5.33. The second-order valence-corrected chi connectivity index (χ2v) is 8.63. The largest absolute Gasteiger partial charge is 0.369 e. The molecule has 1 rings (SSSR count). The number of sulfone groups is 1. The molecular weight excluding hydrogens is 320 g/mol. The first-order valence-corrected chi connectivity index (χ1v) is 9.91. The van der Waals surface area contributed by atoms with Crippen LogP contribution < -0.4 is 10.6 Å². The van der Waals surface area contributed by atoms with Crippen molar-refractivity contribution in [1.29, 1.82) is 0 Å². The highest BCUT2D eigenvalue weighted by Crippen LogP contribution is 2.11. The molecule has 0 aliphatic carbocycles. The van der Waals surface area contributed by atoms with Crippen LogP contribution in [0.25, 0.3) is 0 Å². The van der Waals surface area contributed by atoms with Crippen LogP contribution in [0.4, 0.5) is 0 Å². The molecule has 0 aromatic rings. The third kappa shape index (κ3) is 8.31. The standard InChI is InChI=1S/C15H28N2O5S/c1-11(2)5-8-22-12(3)15(19)16-7-4-14(18)17-13-6-9-23(20,21)10-13/h11-13H,4-10H2,1-3H3,(H,16,19)(H,17,18)/t12-,13+/m1/s1. The Morgan fingerprint density at radius 1 is 1.26 bits per heavy atom. The summed E-state index contributed by atoms with van der Waals surface area (Å²) in [6.45, 7) is 6.59. The van der Waals surface area contributed by atoms with E-state index in [1.54, 1.807) is 6.92 Å². The van der Waals surface area contributed by atoms with Gasteiger partial charge in [-0.15, -0.1) is 0 Å². The van der Waals surface area contributed by atoms with E-state index in [4.69, 9.17) is 4.74 Å². The van der Waals surface area contributed by atoms with Gasteiger partial charge in [0.25, 0.3) is 0 Å². The zero-order valence-electron chi connectivity index (χ0n) is 14.1. The van der Waals surface area contributed by atoms with E-state index in [1.165, 1.54) is 0 Å². The number of carbonyl (C=O) groups is 2. The molecule has 8 heteroatoms. The van der Waals surface area contributed by atoms with Crippen molar-refractivity contribution >= 4 is 21.7 Å². The number of rotatable bonds is 9. The second-order valence-electron chi connectivity index (χ2n) is 6.40. The van der Waals surface area contributed by atoms with E-state index in [0.717, 1.165) is 6.42 Å². The number of amides is 2. The van der Waals surface area contributed by atoms with Crippen molar-refractivity contribution in [1.82, 2.24) is 10.6 Å². The van der Waals surface area contributed by atoms with Crippen LogP contribution in [0.5, 0.6) is 0 Å². The van der Waals surface area contributed by atoms with E-state index >= 15 is 0 Å². The van der Waals surface area contributed by atoms with E-state index in [-0.39, 0.29) is 42.3 Å². The molecule has 0 bridgehead atoms. The zero-order valence-corrected chi connectivity index (χ0v) is 14.9. The monoisotopic (exact) mass is 348 g/mol. The molecule has 0 aromatic heterocycles. The number of carbonyl (C=O) groups excluding carboxylic acids is 2. The highest BCUT2D eigenvalue weighted by molar-refractivity contribution is 7.91. The highest BCUT2D eigenvalue weighted by Gasteiger charge is 2.28. The summed E-state index contributed by atoms with van der Waals surface area (Å²) in [7, 11) is -3.00. The van der Waals surface area contributed by atoms with Crippen molar-refractivity contribution in [2.75, 3.05) is 24.7 Å². The molecule has 2 amide bonds. The minimum Gasteiger partial charge on any atom is -0.369 e. The zero-order chi connectivity index (χ0) is 17.5. The number of hydrogen-bond donors (Lipinski definition) is 2. The van der Waals surface area contributed by atoms with Gasteiger partial charge in [-0.2, -0.15) is 0 Å². The molecule has 0 aromatic carbocycles. The summed E-state index contributed by atoms with van der Waals surface area (Å²) in [6.07, 6.45) is 0.934. The minimum atomic E-state index is -3.00. The van der Waals surface area contributed by atoms with E-state index in [1.807, 2.05) is 0 Å². The molecule has 1 saturated heterocycles. The van der Waals surface area contributed by atoms with Gasteiger partial charge in [-0.05, 0) is 25.7 Å². The molecule has 7 nitrogen and oxygen atoms in total. The van der Waals surface area contributed by atoms with Crippen molar-refractivity contribution in [3.05, 3.63) is 0 Å². The lowest BCUT2D eigenvalue weighted by Crippen LogP contribution is -2.40. The second kappa shape index (κ2) is 9.22. The van der Waals surface area contributed by atoms with Crippen molar-refractivity contribution in [3.63, 3.8) is 0 Å². The van der Waals surface area contributed by atoms with Gasteiger partial charge in [-0.3, -0.25) is 9.59 Å². The SMILES string of the molecule is CC(C)CCO[C@H](C)C(=O)NCCC(=O)N[C@H]1CCS(=O)(=O)C1. The Kier molecular flexibility index (Phi) is 7.98. The van der Waals surface area contributed by atoms with Gasteiger partial charge in [0.2, 0.25) is 11.8 Å². The Morgan fingerprint density at radius 2 is 1.96 bits per heavy atom. The fraction of sp³-hybridized carbons (Fsp3) is 0.867. The van der Waals surface area contributed by atoms with Crippen LogP contribution in [-0.2, 0) is 24.2 Å². The fourth-order valence-electron chi connectivity index (χ4n) is 2.21. The lowest BCUT2D eigenvalue weighted by atomic mass is 10.1. The van der Waals surface area contributed by atoms with Crippen LogP contribution in [0.3, 0.4) is 0 Å². The fourth-order valence-corrected chi connectivity index (χ4v) is 3.88. The van der Waals surface area contributed by atoms with Gasteiger partial charge in [-0.1, -0.05) is 13.8 Å². The van der Waals surface area contributed by atoms with Crippen LogP contribution in [0.15, 0.2) is 0 Å². The molecule has 0 radical (unpaired) electrons. The van der Waals surface area contributed by atoms with Crippen molar-refractivity contribution in [2.24, 2.45) is 5.92 Å². The molecule has 0 spiro atoms. The Balaban J connectivity index is 2.15. The van der Waals surface area contributed by atoms with Gasteiger partial charge < -0.3 is 15.4 Å². The molecule has 23 heavy (non-hydrogen) atoms. The van der Waals surface area contributed by atoms with Crippen LogP contribution in [0, 0.1) is 5.92 Å². The van der Waals surface area contributed by atoms with Gasteiger partial charge in [0.05, 0.1) is 11.5 Å². The number of ether oxygens (including phenoxy) is 1. The van der Waals surface area contributed by atoms with E-state index in [9.17, 15) is 18.0 Å². The molecule has 2 N–H and O–H groups in total. The average molecular weight is 348 g/mol. The van der Waals surface area contributed by atoms with Gasteiger partial charge in [0.1, 0.15) is 6.10 Å². The van der Waals surface area contributed by atoms with E-state index in [2.05, 4.69) is 24.5 Å². The lowest BCUT2D eigenvalue weighted by molar-refractivity contribution is -0.132. The van der Waals surface area contributed by atoms with Gasteiger partial charge in [0.15, 0.2) is 9.84 Å². The Bertz CT molecular complexity index is 504. The van der Waals surface area contributed by atoms with Crippen LogP contribution in [-0.4, -0.2) is 57.0 Å². The van der Waals surface area contributed by atoms with Gasteiger partial charge in [0, 0.05) is 25.6 Å². The van der Waals surface area contributed by atoms with Crippen molar-refractivity contribution < 1.29 is 22.7 Å². The molecule has 2 atom stereocenters. The predicted molar refractivity (Wildman–Crippen MR) is 87.7 cm³/mol. The summed E-state index contributed by atoms with van der Waals surface area (Å²) in [6, 6.07) is -0.304. The molecule has 1 fully saturated rings. The molecule has 1 aliphatic rings. The predicted octanol–water partition coefficient (Wildman–Crippen LogP) is 0.247. The molecule has 134 valence electrons. The maximum atomic E-state index is 11.8. The lowest BCUT2D eigenvalue weighted by Gasteiger charge is -2.15. The quantitative estimate of drug-likeness (QED) is 0.622. The van der Waals surface area contributed by atoms with E-state index < -0.39 is 15.9 Å². The molecule has 0 saturated carbocycles. The summed E-state index contributed by atoms with van der Waals surface area (Å²) >= 11 is 0. The Hall–Kier alpha value is -1.15. The first kappa shape index (κ1) is 19.9. The van der Waals surface area contributed by atoms with Gasteiger partial charge >= 0.3 is 0 Å². The topological polar surface area (TPSA) is 102 Å². The van der Waals surface area contributed by atoms with Crippen molar-refractivity contribution in [3.8, 4) is 0 Å². The number of hydrogen-bond acceptors (Lipinski definition) is 5. The van der Waals surface area contributed by atoms with Gasteiger partial charge in [-0.25, -0.2) is 8.42 Å². The minimum absolute atomic E-state index is 0.00578. The summed E-state index contributed by atoms with van der Waals surface area (Å²) in [5.41, 5.74) is 0. The first-order valence-electron chi connectivity index (χ1n) is 8.08. The summed E-state index contributed by atoms with van der Waals surface area (Å²) in [5.74, 6) is 0.158. The maximum Gasteiger partial charge on any atom is 0.248 e. The van der Waals surface area contributed by atoms with Crippen LogP contribution >= 0.6 is 0 Å². The molecule has 1 aliphatic heterocycles. The van der Waals surface area contributed by atoms with Crippen molar-refractivity contribution in [2.45, 2.75) is 52.2 Å². The van der Waals surface area contributed by atoms with E-state index in [0.29, 0.717) is 18.9 Å². The summed E-state index contributed by atoms with van der Waals surface area (Å²) < 4.78 is 28.0.